The molecule has 0 saturated carbocycles. The molecule has 1 saturated heterocycles. The molecule has 1 fully saturated rings. The van der Waals surface area contributed by atoms with Crippen LogP contribution in [0.5, 0.6) is 5.75 Å². The molecule has 0 amide bonds. The van der Waals surface area contributed by atoms with Gasteiger partial charge in [0.05, 0.1) is 24.2 Å². The highest BCUT2D eigenvalue weighted by Gasteiger charge is 2.36. The van der Waals surface area contributed by atoms with Gasteiger partial charge in [0.15, 0.2) is 9.84 Å². The van der Waals surface area contributed by atoms with E-state index in [1.807, 2.05) is 31.3 Å². The molecule has 23 heavy (non-hydrogen) atoms. The molecule has 130 valence electrons. The monoisotopic (exact) mass is 341 g/mol. The molecule has 1 aliphatic rings. The quantitative estimate of drug-likeness (QED) is 0.849. The third kappa shape index (κ3) is 4.93. The van der Waals surface area contributed by atoms with E-state index < -0.39 is 15.4 Å². The molecule has 0 bridgehead atoms. The Kier molecular flexibility index (Phi) is 5.70. The third-order valence-corrected chi connectivity index (χ3v) is 6.41. The zero-order valence-electron chi connectivity index (χ0n) is 14.2. The van der Waals surface area contributed by atoms with Crippen molar-refractivity contribution in [3.8, 4) is 5.75 Å². The maximum absolute atomic E-state index is 11.5. The van der Waals surface area contributed by atoms with Gasteiger partial charge in [0.25, 0.3) is 0 Å². The van der Waals surface area contributed by atoms with Gasteiger partial charge in [-0.05, 0) is 44.9 Å². The van der Waals surface area contributed by atoms with Crippen LogP contribution in [0.1, 0.15) is 25.3 Å². The van der Waals surface area contributed by atoms with E-state index in [0.29, 0.717) is 19.4 Å². The molecular weight excluding hydrogens is 314 g/mol. The van der Waals surface area contributed by atoms with Crippen LogP contribution >= 0.6 is 0 Å². The van der Waals surface area contributed by atoms with Crippen LogP contribution in [0, 0.1) is 0 Å². The molecule has 1 heterocycles. The Bertz CT molecular complexity index is 615. The molecule has 1 unspecified atom stereocenters. The summed E-state index contributed by atoms with van der Waals surface area (Å²) < 4.78 is 28.4. The molecule has 1 aliphatic heterocycles. The summed E-state index contributed by atoms with van der Waals surface area (Å²) in [5, 5.41) is 10.7. The van der Waals surface area contributed by atoms with Crippen molar-refractivity contribution in [2.75, 3.05) is 32.2 Å². The lowest BCUT2D eigenvalue weighted by molar-refractivity contribution is -0.00681. The van der Waals surface area contributed by atoms with Gasteiger partial charge in [-0.15, -0.1) is 0 Å². The van der Waals surface area contributed by atoms with E-state index in [0.717, 1.165) is 17.7 Å². The van der Waals surface area contributed by atoms with Crippen molar-refractivity contribution in [3.63, 3.8) is 0 Å². The van der Waals surface area contributed by atoms with Crippen molar-refractivity contribution in [3.05, 3.63) is 29.8 Å². The Morgan fingerprint density at radius 3 is 2.52 bits per heavy atom. The van der Waals surface area contributed by atoms with Gasteiger partial charge in [0.2, 0.25) is 0 Å². The molecule has 1 aromatic rings. The van der Waals surface area contributed by atoms with Crippen molar-refractivity contribution < 1.29 is 18.3 Å². The minimum absolute atomic E-state index is 0.0816. The largest absolute Gasteiger partial charge is 0.496 e. The first kappa shape index (κ1) is 18.2. The Labute approximate surface area is 139 Å². The van der Waals surface area contributed by atoms with Gasteiger partial charge in [-0.1, -0.05) is 18.2 Å². The van der Waals surface area contributed by atoms with Gasteiger partial charge in [0.1, 0.15) is 5.75 Å². The smallest absolute Gasteiger partial charge is 0.150 e. The fourth-order valence-electron chi connectivity index (χ4n) is 3.04. The van der Waals surface area contributed by atoms with Crippen LogP contribution in [0.2, 0.25) is 0 Å². The molecule has 2 rings (SSSR count). The highest BCUT2D eigenvalue weighted by molar-refractivity contribution is 7.91. The second-order valence-corrected chi connectivity index (χ2v) is 8.96. The van der Waals surface area contributed by atoms with E-state index in [9.17, 15) is 13.5 Å². The number of hydrogen-bond donors (Lipinski definition) is 1. The molecular formula is C17H27NO4S. The number of benzene rings is 1. The highest BCUT2D eigenvalue weighted by Crippen LogP contribution is 2.26. The van der Waals surface area contributed by atoms with Crippen LogP contribution in [0.25, 0.3) is 0 Å². The molecule has 0 aromatic heterocycles. The van der Waals surface area contributed by atoms with Gasteiger partial charge >= 0.3 is 0 Å². The Hall–Kier alpha value is -1.11. The normalized spacial score (nSPS) is 21.1. The van der Waals surface area contributed by atoms with Gasteiger partial charge in [-0.3, -0.25) is 0 Å². The van der Waals surface area contributed by atoms with Gasteiger partial charge < -0.3 is 14.7 Å². The van der Waals surface area contributed by atoms with Crippen LogP contribution < -0.4 is 4.74 Å². The third-order valence-electron chi connectivity index (χ3n) is 4.76. The van der Waals surface area contributed by atoms with Crippen molar-refractivity contribution >= 4 is 9.84 Å². The summed E-state index contributed by atoms with van der Waals surface area (Å²) >= 11 is 0. The molecule has 0 aliphatic carbocycles. The van der Waals surface area contributed by atoms with E-state index in [2.05, 4.69) is 11.8 Å². The molecule has 1 aromatic carbocycles. The van der Waals surface area contributed by atoms with Crippen LogP contribution in [-0.2, 0) is 16.3 Å². The Morgan fingerprint density at radius 2 is 1.91 bits per heavy atom. The summed E-state index contributed by atoms with van der Waals surface area (Å²) in [5.41, 5.74) is 0.224. The number of likely N-dealkylation sites (N-methyl/N-ethyl adjacent to an activating group) is 1. The zero-order valence-corrected chi connectivity index (χ0v) is 15.0. The second kappa shape index (κ2) is 7.20. The highest BCUT2D eigenvalue weighted by atomic mass is 32.2. The average Bonchev–Trinajstić information content (AvgIpc) is 2.51. The summed E-state index contributed by atoms with van der Waals surface area (Å²) in [6.45, 7) is 2.59. The average molecular weight is 341 g/mol. The predicted molar refractivity (Wildman–Crippen MR) is 91.6 cm³/mol. The van der Waals surface area contributed by atoms with Crippen molar-refractivity contribution in [2.24, 2.45) is 0 Å². The van der Waals surface area contributed by atoms with Gasteiger partial charge in [-0.25, -0.2) is 8.42 Å². The Morgan fingerprint density at radius 1 is 1.30 bits per heavy atom. The fraction of sp³-hybridized carbons (Fsp3) is 0.647. The number of nitrogens with zero attached hydrogens (tertiary/aromatic N) is 1. The molecule has 5 nitrogen and oxygen atoms in total. The van der Waals surface area contributed by atoms with Crippen LogP contribution in [-0.4, -0.2) is 62.3 Å². The van der Waals surface area contributed by atoms with Crippen LogP contribution in [0.3, 0.4) is 0 Å². The molecule has 1 atom stereocenters. The second-order valence-electron chi connectivity index (χ2n) is 6.66. The first-order valence-electron chi connectivity index (χ1n) is 8.00. The van der Waals surface area contributed by atoms with E-state index in [-0.39, 0.29) is 17.5 Å². The first-order valence-corrected chi connectivity index (χ1v) is 9.82. The molecule has 0 spiro atoms. The maximum Gasteiger partial charge on any atom is 0.150 e. The topological polar surface area (TPSA) is 66.8 Å². The minimum atomic E-state index is -2.96. The van der Waals surface area contributed by atoms with Gasteiger partial charge in [0, 0.05) is 12.6 Å². The van der Waals surface area contributed by atoms with Crippen LogP contribution in [0.15, 0.2) is 24.3 Å². The summed E-state index contributed by atoms with van der Waals surface area (Å²) in [5.74, 6) is 1.03. The number of aliphatic hydroxyl groups is 1. The molecule has 0 radical (unpaired) electrons. The maximum atomic E-state index is 11.5. The lowest BCUT2D eigenvalue weighted by Gasteiger charge is -2.37. The summed E-state index contributed by atoms with van der Waals surface area (Å²) in [4.78, 5) is 2.10. The van der Waals surface area contributed by atoms with Crippen molar-refractivity contribution in [1.82, 2.24) is 4.90 Å². The van der Waals surface area contributed by atoms with Crippen LogP contribution in [0.4, 0.5) is 0 Å². The summed E-state index contributed by atoms with van der Waals surface area (Å²) in [6.07, 6.45) is 1.46. The summed E-state index contributed by atoms with van der Waals surface area (Å²) in [7, 11) is 0.676. The lowest BCUT2D eigenvalue weighted by atomic mass is 9.95. The van der Waals surface area contributed by atoms with Crippen molar-refractivity contribution in [1.29, 1.82) is 0 Å². The standard InChI is InChI=1S/C17H27NO4S/c1-14(12-15-6-4-5-7-16(15)22-3)18(2)13-17(19)8-10-23(20,21)11-9-17/h4-7,14,19H,8-13H2,1-3H3. The van der Waals surface area contributed by atoms with Gasteiger partial charge in [-0.2, -0.15) is 0 Å². The number of para-hydroxylation sites is 1. The molecule has 1 N–H and O–H groups in total. The fourth-order valence-corrected chi connectivity index (χ4v) is 4.63. The predicted octanol–water partition coefficient (Wildman–Crippen LogP) is 1.50. The van der Waals surface area contributed by atoms with E-state index >= 15 is 0 Å². The van der Waals surface area contributed by atoms with Crippen molar-refractivity contribution in [2.45, 2.75) is 37.8 Å². The number of rotatable bonds is 6. The number of sulfone groups is 1. The first-order chi connectivity index (χ1) is 10.7. The van der Waals surface area contributed by atoms with E-state index in [1.54, 1.807) is 7.11 Å². The minimum Gasteiger partial charge on any atom is -0.496 e. The number of hydrogen-bond acceptors (Lipinski definition) is 5. The summed E-state index contributed by atoms with van der Waals surface area (Å²) in [6, 6.07) is 8.15. The Balaban J connectivity index is 1.96. The lowest BCUT2D eigenvalue weighted by Crippen LogP contribution is -2.49. The number of methoxy groups -OCH3 is 1. The van der Waals surface area contributed by atoms with E-state index in [4.69, 9.17) is 4.74 Å². The SMILES string of the molecule is COc1ccccc1CC(C)N(C)CC1(O)CCS(=O)(=O)CC1. The number of ether oxygens (including phenoxy) is 1. The van der Waals surface area contributed by atoms with E-state index in [1.165, 1.54) is 0 Å². The zero-order chi connectivity index (χ0) is 17.1. The molecule has 6 heteroatoms.